The monoisotopic (exact) mass is 279 g/mol. The molecule has 0 unspecified atom stereocenters. The first-order valence-electron chi connectivity index (χ1n) is 6.09. The minimum Gasteiger partial charge on any atom is -0.385 e. The van der Waals surface area contributed by atoms with Crippen LogP contribution in [0.1, 0.15) is 12.0 Å². The molecule has 0 radical (unpaired) electrons. The predicted octanol–water partition coefficient (Wildman–Crippen LogP) is 1.57. The summed E-state index contributed by atoms with van der Waals surface area (Å²) in [5.74, 6) is 0.0212. The number of carbonyl (C=O) groups excluding carboxylic acids is 1. The zero-order valence-electron chi connectivity index (χ0n) is 10.8. The first-order chi connectivity index (χ1) is 9.19. The molecule has 0 aliphatic heterocycles. The lowest BCUT2D eigenvalue weighted by molar-refractivity contribution is -0.120. The van der Waals surface area contributed by atoms with E-state index in [0.29, 0.717) is 24.7 Å². The molecule has 1 amide bonds. The van der Waals surface area contributed by atoms with Crippen LogP contribution in [0.2, 0.25) is 0 Å². The van der Waals surface area contributed by atoms with Gasteiger partial charge in [-0.25, -0.2) is 4.98 Å². The molecule has 0 saturated heterocycles. The number of hydrogen-bond donors (Lipinski definition) is 2. The summed E-state index contributed by atoms with van der Waals surface area (Å²) in [4.78, 5) is 15.9. The largest absolute Gasteiger partial charge is 0.385 e. The molecule has 0 saturated carbocycles. The molecule has 0 aliphatic carbocycles. The van der Waals surface area contributed by atoms with Crippen molar-refractivity contribution >= 4 is 32.6 Å². The lowest BCUT2D eigenvalue weighted by atomic mass is 10.1. The number of rotatable bonds is 6. The van der Waals surface area contributed by atoms with Gasteiger partial charge in [0.2, 0.25) is 5.91 Å². The molecule has 0 aliphatic rings. The Morgan fingerprint density at radius 2 is 2.37 bits per heavy atom. The van der Waals surface area contributed by atoms with Crippen molar-refractivity contribution in [1.29, 1.82) is 0 Å². The third kappa shape index (κ3) is 3.90. The zero-order chi connectivity index (χ0) is 13.7. The number of methoxy groups -OCH3 is 1. The molecular weight excluding hydrogens is 262 g/mol. The number of ether oxygens (including phenoxy) is 1. The maximum atomic E-state index is 11.7. The van der Waals surface area contributed by atoms with Gasteiger partial charge in [-0.3, -0.25) is 4.79 Å². The SMILES string of the molecule is COCCCNC(=O)Cc1ccc2nc(N)sc2c1. The molecule has 3 N–H and O–H groups in total. The maximum Gasteiger partial charge on any atom is 0.224 e. The van der Waals surface area contributed by atoms with Gasteiger partial charge in [-0.2, -0.15) is 0 Å². The highest BCUT2D eigenvalue weighted by Crippen LogP contribution is 2.24. The Labute approximate surface area is 115 Å². The first-order valence-corrected chi connectivity index (χ1v) is 6.91. The summed E-state index contributed by atoms with van der Waals surface area (Å²) >= 11 is 1.44. The van der Waals surface area contributed by atoms with Gasteiger partial charge in [0.15, 0.2) is 5.13 Å². The van der Waals surface area contributed by atoms with E-state index >= 15 is 0 Å². The van der Waals surface area contributed by atoms with Crippen LogP contribution in [0.15, 0.2) is 18.2 Å². The number of anilines is 1. The summed E-state index contributed by atoms with van der Waals surface area (Å²) in [5.41, 5.74) is 7.51. The minimum absolute atomic E-state index is 0.0212. The second-order valence-corrected chi connectivity index (χ2v) is 5.29. The van der Waals surface area contributed by atoms with Gasteiger partial charge in [-0.15, -0.1) is 0 Å². The fraction of sp³-hybridized carbons (Fsp3) is 0.385. The standard InChI is InChI=1S/C13H17N3O2S/c1-18-6-2-5-15-12(17)8-9-3-4-10-11(7-9)19-13(14)16-10/h3-4,7H,2,5-6,8H2,1H3,(H2,14,16)(H,15,17). The van der Waals surface area contributed by atoms with Crippen LogP contribution in [-0.4, -0.2) is 31.2 Å². The summed E-state index contributed by atoms with van der Waals surface area (Å²) in [6, 6.07) is 5.78. The van der Waals surface area contributed by atoms with Gasteiger partial charge in [0.1, 0.15) is 0 Å². The zero-order valence-corrected chi connectivity index (χ0v) is 11.6. The molecule has 5 nitrogen and oxygen atoms in total. The lowest BCUT2D eigenvalue weighted by Gasteiger charge is -2.04. The van der Waals surface area contributed by atoms with Crippen LogP contribution < -0.4 is 11.1 Å². The van der Waals surface area contributed by atoms with Gasteiger partial charge in [0, 0.05) is 20.3 Å². The van der Waals surface area contributed by atoms with E-state index in [1.807, 2.05) is 18.2 Å². The Bertz CT molecular complexity index is 568. The Kier molecular flexibility index (Phi) is 4.70. The number of thiazole rings is 1. The summed E-state index contributed by atoms with van der Waals surface area (Å²) < 4.78 is 5.94. The molecule has 2 aromatic rings. The van der Waals surface area contributed by atoms with Gasteiger partial charge >= 0.3 is 0 Å². The van der Waals surface area contributed by atoms with Crippen molar-refractivity contribution in [2.24, 2.45) is 0 Å². The third-order valence-electron chi connectivity index (χ3n) is 2.68. The fourth-order valence-electron chi connectivity index (χ4n) is 1.79. The normalized spacial score (nSPS) is 10.8. The number of aromatic nitrogens is 1. The fourth-order valence-corrected chi connectivity index (χ4v) is 2.59. The molecule has 102 valence electrons. The Morgan fingerprint density at radius 3 is 3.16 bits per heavy atom. The van der Waals surface area contributed by atoms with E-state index in [2.05, 4.69) is 10.3 Å². The number of nitrogens with one attached hydrogen (secondary N) is 1. The molecule has 19 heavy (non-hydrogen) atoms. The second-order valence-electron chi connectivity index (χ2n) is 4.23. The molecule has 0 bridgehead atoms. The van der Waals surface area contributed by atoms with E-state index in [1.165, 1.54) is 11.3 Å². The van der Waals surface area contributed by atoms with Crippen molar-refractivity contribution in [2.45, 2.75) is 12.8 Å². The van der Waals surface area contributed by atoms with Crippen LogP contribution in [0.3, 0.4) is 0 Å². The van der Waals surface area contributed by atoms with Gasteiger partial charge in [-0.05, 0) is 24.1 Å². The third-order valence-corrected chi connectivity index (χ3v) is 3.53. The lowest BCUT2D eigenvalue weighted by Crippen LogP contribution is -2.26. The molecule has 1 heterocycles. The molecule has 6 heteroatoms. The predicted molar refractivity (Wildman–Crippen MR) is 77.2 cm³/mol. The van der Waals surface area contributed by atoms with E-state index in [-0.39, 0.29) is 5.91 Å². The molecule has 1 aromatic heterocycles. The van der Waals surface area contributed by atoms with Crippen molar-refractivity contribution in [3.8, 4) is 0 Å². The molecule has 0 fully saturated rings. The highest BCUT2D eigenvalue weighted by atomic mass is 32.1. The van der Waals surface area contributed by atoms with Crippen molar-refractivity contribution in [1.82, 2.24) is 10.3 Å². The van der Waals surface area contributed by atoms with Gasteiger partial charge < -0.3 is 15.8 Å². The van der Waals surface area contributed by atoms with E-state index < -0.39 is 0 Å². The van der Waals surface area contributed by atoms with Crippen LogP contribution >= 0.6 is 11.3 Å². The highest BCUT2D eigenvalue weighted by molar-refractivity contribution is 7.22. The number of benzene rings is 1. The van der Waals surface area contributed by atoms with Crippen LogP contribution in [0.4, 0.5) is 5.13 Å². The van der Waals surface area contributed by atoms with Crippen LogP contribution in [0.5, 0.6) is 0 Å². The number of hydrogen-bond acceptors (Lipinski definition) is 5. The van der Waals surface area contributed by atoms with Crippen LogP contribution in [0.25, 0.3) is 10.2 Å². The van der Waals surface area contributed by atoms with Crippen molar-refractivity contribution in [3.63, 3.8) is 0 Å². The molecule has 1 aromatic carbocycles. The number of fused-ring (bicyclic) bond motifs is 1. The maximum absolute atomic E-state index is 11.7. The molecule has 0 atom stereocenters. The average molecular weight is 279 g/mol. The van der Waals surface area contributed by atoms with Crippen molar-refractivity contribution in [3.05, 3.63) is 23.8 Å². The first kappa shape index (κ1) is 13.8. The number of amides is 1. The molecule has 0 spiro atoms. The van der Waals surface area contributed by atoms with Crippen LogP contribution in [-0.2, 0) is 16.0 Å². The van der Waals surface area contributed by atoms with E-state index in [1.54, 1.807) is 7.11 Å². The number of nitrogen functional groups attached to an aromatic ring is 1. The van der Waals surface area contributed by atoms with Gasteiger partial charge in [-0.1, -0.05) is 17.4 Å². The number of carbonyl (C=O) groups is 1. The van der Waals surface area contributed by atoms with Crippen LogP contribution in [0, 0.1) is 0 Å². The van der Waals surface area contributed by atoms with E-state index in [0.717, 1.165) is 22.2 Å². The average Bonchev–Trinajstić information content (AvgIpc) is 2.74. The van der Waals surface area contributed by atoms with Crippen molar-refractivity contribution < 1.29 is 9.53 Å². The summed E-state index contributed by atoms with van der Waals surface area (Å²) in [6.07, 6.45) is 1.20. The minimum atomic E-state index is 0.0212. The topological polar surface area (TPSA) is 77.2 Å². The second kappa shape index (κ2) is 6.49. The summed E-state index contributed by atoms with van der Waals surface area (Å²) in [7, 11) is 1.65. The highest BCUT2D eigenvalue weighted by Gasteiger charge is 2.06. The van der Waals surface area contributed by atoms with E-state index in [4.69, 9.17) is 10.5 Å². The Balaban J connectivity index is 1.91. The number of nitrogens with two attached hydrogens (primary N) is 1. The number of nitrogens with zero attached hydrogens (tertiary/aromatic N) is 1. The Morgan fingerprint density at radius 1 is 1.53 bits per heavy atom. The van der Waals surface area contributed by atoms with Gasteiger partial charge in [0.05, 0.1) is 16.6 Å². The summed E-state index contributed by atoms with van der Waals surface area (Å²) in [5, 5.41) is 3.42. The Hall–Kier alpha value is -1.66. The quantitative estimate of drug-likeness (QED) is 0.787. The van der Waals surface area contributed by atoms with Crippen molar-refractivity contribution in [2.75, 3.05) is 26.0 Å². The smallest absolute Gasteiger partial charge is 0.224 e. The van der Waals surface area contributed by atoms with Gasteiger partial charge in [0.25, 0.3) is 0 Å². The summed E-state index contributed by atoms with van der Waals surface area (Å²) in [6.45, 7) is 1.30. The molecule has 2 rings (SSSR count). The van der Waals surface area contributed by atoms with E-state index in [9.17, 15) is 4.79 Å². The molecular formula is C13H17N3O2S.